The van der Waals surface area contributed by atoms with Crippen molar-refractivity contribution in [2.24, 2.45) is 5.92 Å². The molecule has 0 amide bonds. The summed E-state index contributed by atoms with van der Waals surface area (Å²) in [5.41, 5.74) is 1.09. The number of rotatable bonds is 6. The van der Waals surface area contributed by atoms with Gasteiger partial charge in [-0.1, -0.05) is 30.3 Å². The lowest BCUT2D eigenvalue weighted by Gasteiger charge is -2.16. The van der Waals surface area contributed by atoms with Crippen molar-refractivity contribution >= 4 is 0 Å². The van der Waals surface area contributed by atoms with Crippen molar-refractivity contribution in [1.29, 1.82) is 0 Å². The standard InChI is InChI=1S/C16H20O4/c1-3-7-13-15(17)14(20-16(13)18-2)11-19-10-12-8-5-4-6-9-12/h1,4-6,8-9,13-17H,7,10-11H2,2H3/t13-,14+,15-,16-/m0/s1. The van der Waals surface area contributed by atoms with Gasteiger partial charge in [-0.05, 0) is 5.56 Å². The van der Waals surface area contributed by atoms with Crippen molar-refractivity contribution in [2.75, 3.05) is 13.7 Å². The highest BCUT2D eigenvalue weighted by Crippen LogP contribution is 2.30. The Morgan fingerprint density at radius 2 is 2.10 bits per heavy atom. The van der Waals surface area contributed by atoms with Gasteiger partial charge in [-0.25, -0.2) is 0 Å². The SMILES string of the molecule is C#CC[C@@H]1[C@@H](OC)O[C@H](COCc2ccccc2)[C@H]1O. The van der Waals surface area contributed by atoms with Crippen LogP contribution in [0.2, 0.25) is 0 Å². The summed E-state index contributed by atoms with van der Waals surface area (Å²) >= 11 is 0. The van der Waals surface area contributed by atoms with Gasteiger partial charge in [-0.3, -0.25) is 0 Å². The highest BCUT2D eigenvalue weighted by Gasteiger charge is 2.43. The maximum Gasteiger partial charge on any atom is 0.164 e. The van der Waals surface area contributed by atoms with E-state index in [2.05, 4.69) is 5.92 Å². The minimum Gasteiger partial charge on any atom is -0.390 e. The average molecular weight is 276 g/mol. The Balaban J connectivity index is 1.83. The molecule has 1 N–H and O–H groups in total. The number of aliphatic hydroxyl groups is 1. The minimum absolute atomic E-state index is 0.199. The summed E-state index contributed by atoms with van der Waals surface area (Å²) in [7, 11) is 1.55. The minimum atomic E-state index is -0.660. The molecule has 1 saturated heterocycles. The molecule has 1 heterocycles. The first kappa shape index (κ1) is 15.0. The van der Waals surface area contributed by atoms with Crippen molar-refractivity contribution in [1.82, 2.24) is 0 Å². The Hall–Kier alpha value is -1.38. The molecule has 1 fully saturated rings. The van der Waals surface area contributed by atoms with E-state index >= 15 is 0 Å². The second-order valence-electron chi connectivity index (χ2n) is 4.84. The first-order valence-corrected chi connectivity index (χ1v) is 6.67. The van der Waals surface area contributed by atoms with Gasteiger partial charge in [0, 0.05) is 19.4 Å². The molecule has 1 aromatic rings. The van der Waals surface area contributed by atoms with E-state index in [1.54, 1.807) is 7.11 Å². The van der Waals surface area contributed by atoms with E-state index in [0.29, 0.717) is 19.6 Å². The molecule has 4 heteroatoms. The van der Waals surface area contributed by atoms with Gasteiger partial charge in [0.1, 0.15) is 6.10 Å². The fraction of sp³-hybridized carbons (Fsp3) is 0.500. The van der Waals surface area contributed by atoms with Gasteiger partial charge in [-0.15, -0.1) is 12.3 Å². The molecule has 0 spiro atoms. The van der Waals surface area contributed by atoms with Crippen molar-refractivity contribution in [3.63, 3.8) is 0 Å². The number of methoxy groups -OCH3 is 1. The highest BCUT2D eigenvalue weighted by atomic mass is 16.7. The largest absolute Gasteiger partial charge is 0.390 e. The van der Waals surface area contributed by atoms with Crippen LogP contribution in [0.5, 0.6) is 0 Å². The van der Waals surface area contributed by atoms with Crippen LogP contribution >= 0.6 is 0 Å². The van der Waals surface area contributed by atoms with Gasteiger partial charge in [0.15, 0.2) is 6.29 Å². The molecule has 4 atom stereocenters. The van der Waals surface area contributed by atoms with Gasteiger partial charge in [0.2, 0.25) is 0 Å². The summed E-state index contributed by atoms with van der Waals surface area (Å²) in [5.74, 6) is 2.35. The van der Waals surface area contributed by atoms with E-state index in [9.17, 15) is 5.11 Å². The smallest absolute Gasteiger partial charge is 0.164 e. The van der Waals surface area contributed by atoms with E-state index in [1.165, 1.54) is 0 Å². The zero-order valence-electron chi connectivity index (χ0n) is 11.6. The molecule has 0 bridgehead atoms. The van der Waals surface area contributed by atoms with E-state index < -0.39 is 18.5 Å². The van der Waals surface area contributed by atoms with Crippen LogP contribution in [0, 0.1) is 18.3 Å². The molecular formula is C16H20O4. The van der Waals surface area contributed by atoms with Crippen LogP contribution in [0.1, 0.15) is 12.0 Å². The molecule has 20 heavy (non-hydrogen) atoms. The fourth-order valence-corrected chi connectivity index (χ4v) is 2.38. The second kappa shape index (κ2) is 7.41. The van der Waals surface area contributed by atoms with Crippen LogP contribution in [0.25, 0.3) is 0 Å². The van der Waals surface area contributed by atoms with E-state index in [0.717, 1.165) is 5.56 Å². The molecule has 1 aromatic carbocycles. The lowest BCUT2D eigenvalue weighted by Crippen LogP contribution is -2.30. The summed E-state index contributed by atoms with van der Waals surface area (Å²) in [6.45, 7) is 0.807. The van der Waals surface area contributed by atoms with E-state index in [4.69, 9.17) is 20.6 Å². The maximum absolute atomic E-state index is 10.2. The predicted molar refractivity (Wildman–Crippen MR) is 74.7 cm³/mol. The van der Waals surface area contributed by atoms with Crippen molar-refractivity contribution in [2.45, 2.75) is 31.5 Å². The average Bonchev–Trinajstić information content (AvgIpc) is 2.78. The molecular weight excluding hydrogens is 256 g/mol. The van der Waals surface area contributed by atoms with Crippen molar-refractivity contribution in [3.05, 3.63) is 35.9 Å². The lowest BCUT2D eigenvalue weighted by molar-refractivity contribution is -0.143. The number of hydrogen-bond donors (Lipinski definition) is 1. The predicted octanol–water partition coefficient (Wildman–Crippen LogP) is 1.57. The third-order valence-corrected chi connectivity index (χ3v) is 3.46. The third kappa shape index (κ3) is 3.59. The van der Waals surface area contributed by atoms with Crippen LogP contribution in [0.4, 0.5) is 0 Å². The molecule has 0 unspecified atom stereocenters. The van der Waals surface area contributed by atoms with Crippen LogP contribution < -0.4 is 0 Å². The van der Waals surface area contributed by atoms with Crippen LogP contribution in [0.3, 0.4) is 0 Å². The summed E-state index contributed by atoms with van der Waals surface area (Å²) in [6.07, 6.45) is 4.20. The number of ether oxygens (including phenoxy) is 3. The first-order chi connectivity index (χ1) is 9.76. The van der Waals surface area contributed by atoms with Crippen LogP contribution in [-0.2, 0) is 20.8 Å². The van der Waals surface area contributed by atoms with Gasteiger partial charge < -0.3 is 19.3 Å². The topological polar surface area (TPSA) is 47.9 Å². The summed E-state index contributed by atoms with van der Waals surface area (Å²) in [4.78, 5) is 0. The quantitative estimate of drug-likeness (QED) is 0.801. The molecule has 2 rings (SSSR count). The van der Waals surface area contributed by atoms with E-state index in [1.807, 2.05) is 30.3 Å². The Bertz CT molecular complexity index is 440. The Kier molecular flexibility index (Phi) is 5.57. The van der Waals surface area contributed by atoms with Gasteiger partial charge in [0.25, 0.3) is 0 Å². The van der Waals surface area contributed by atoms with Crippen LogP contribution in [-0.4, -0.2) is 37.3 Å². The van der Waals surface area contributed by atoms with Crippen molar-refractivity contribution in [3.8, 4) is 12.3 Å². The maximum atomic E-state index is 10.2. The zero-order valence-corrected chi connectivity index (χ0v) is 11.6. The normalized spacial score (nSPS) is 29.2. The Morgan fingerprint density at radius 3 is 2.75 bits per heavy atom. The van der Waals surface area contributed by atoms with Gasteiger partial charge in [0.05, 0.1) is 19.3 Å². The summed E-state index contributed by atoms with van der Waals surface area (Å²) in [5, 5.41) is 10.2. The Labute approximate surface area is 119 Å². The molecule has 0 aromatic heterocycles. The number of hydrogen-bond acceptors (Lipinski definition) is 4. The molecule has 4 nitrogen and oxygen atoms in total. The molecule has 1 aliphatic heterocycles. The Morgan fingerprint density at radius 1 is 1.35 bits per heavy atom. The number of aliphatic hydroxyl groups excluding tert-OH is 1. The van der Waals surface area contributed by atoms with Gasteiger partial charge >= 0.3 is 0 Å². The molecule has 0 saturated carbocycles. The highest BCUT2D eigenvalue weighted by molar-refractivity contribution is 5.13. The zero-order chi connectivity index (χ0) is 14.4. The van der Waals surface area contributed by atoms with Gasteiger partial charge in [-0.2, -0.15) is 0 Å². The third-order valence-electron chi connectivity index (χ3n) is 3.46. The van der Waals surface area contributed by atoms with Crippen molar-refractivity contribution < 1.29 is 19.3 Å². The number of benzene rings is 1. The summed E-state index contributed by atoms with van der Waals surface area (Å²) < 4.78 is 16.4. The second-order valence-corrected chi connectivity index (χ2v) is 4.84. The molecule has 108 valence electrons. The van der Waals surface area contributed by atoms with E-state index in [-0.39, 0.29) is 5.92 Å². The monoisotopic (exact) mass is 276 g/mol. The number of terminal acetylenes is 1. The molecule has 0 aliphatic carbocycles. The first-order valence-electron chi connectivity index (χ1n) is 6.67. The fourth-order valence-electron chi connectivity index (χ4n) is 2.38. The molecule has 1 aliphatic rings. The van der Waals surface area contributed by atoms with Crippen LogP contribution in [0.15, 0.2) is 30.3 Å². The summed E-state index contributed by atoms with van der Waals surface area (Å²) in [6, 6.07) is 9.87. The molecule has 0 radical (unpaired) electrons. The lowest BCUT2D eigenvalue weighted by atomic mass is 9.98.